The van der Waals surface area contributed by atoms with Gasteiger partial charge < -0.3 is 5.73 Å². The molecule has 0 saturated carbocycles. The second-order valence-corrected chi connectivity index (χ2v) is 3.00. The number of terminal acetylenes is 1. The van der Waals surface area contributed by atoms with Crippen molar-refractivity contribution in [3.63, 3.8) is 0 Å². The van der Waals surface area contributed by atoms with Gasteiger partial charge in [-0.25, -0.2) is 0 Å². The summed E-state index contributed by atoms with van der Waals surface area (Å²) in [5.74, 6) is 2.27. The average Bonchev–Trinajstić information content (AvgIpc) is 1.63. The third kappa shape index (κ3) is 62.0. The molecule has 0 unspecified atom stereocenters. The molecule has 0 saturated heterocycles. The first-order chi connectivity index (χ1) is 4.29. The molecule has 1 amide bonds. The van der Waals surface area contributed by atoms with Crippen LogP contribution in [0, 0.1) is 17.8 Å². The normalized spacial score (nSPS) is 8.70. The van der Waals surface area contributed by atoms with E-state index in [4.69, 9.17) is 6.42 Å². The number of hydrogen-bond acceptors (Lipinski definition) is 1. The Balaban J connectivity index is 0. The van der Waals surface area contributed by atoms with Crippen LogP contribution in [0.1, 0.15) is 27.7 Å². The molecule has 2 heteroatoms. The fourth-order valence-electron chi connectivity index (χ4n) is 0. The molecule has 0 aromatic heterocycles. The molecule has 2 N–H and O–H groups in total. The minimum atomic E-state index is -0.333. The van der Waals surface area contributed by atoms with Gasteiger partial charge in [-0.1, -0.05) is 0 Å². The van der Waals surface area contributed by atoms with Crippen molar-refractivity contribution < 1.29 is 4.79 Å². The van der Waals surface area contributed by atoms with E-state index in [9.17, 15) is 4.79 Å². The van der Waals surface area contributed by atoms with E-state index in [1.807, 2.05) is 20.8 Å². The van der Waals surface area contributed by atoms with Crippen molar-refractivity contribution in [1.29, 1.82) is 0 Å². The van der Waals surface area contributed by atoms with Crippen LogP contribution in [0.2, 0.25) is 0 Å². The smallest absolute Gasteiger partial charge is 0.214 e. The first kappa shape index (κ1) is 11.8. The molecule has 0 atom stereocenters. The highest BCUT2D eigenvalue weighted by atomic mass is 16.1. The lowest BCUT2D eigenvalue weighted by Crippen LogP contribution is -2.01. The van der Waals surface area contributed by atoms with Gasteiger partial charge in [0.15, 0.2) is 0 Å². The summed E-state index contributed by atoms with van der Waals surface area (Å²) in [6.45, 7) is 7.33. The maximum absolute atomic E-state index is 9.22. The SMILES string of the molecule is C#CC(C)(C)C.CC(N)=O. The summed E-state index contributed by atoms with van der Waals surface area (Å²) < 4.78 is 0. The van der Waals surface area contributed by atoms with E-state index < -0.39 is 0 Å². The van der Waals surface area contributed by atoms with Crippen LogP contribution < -0.4 is 5.73 Å². The summed E-state index contributed by atoms with van der Waals surface area (Å²) >= 11 is 0. The first-order valence-corrected chi connectivity index (χ1v) is 3.03. The predicted octanol–water partition coefficient (Wildman–Crippen LogP) is 1.16. The fourth-order valence-corrected chi connectivity index (χ4v) is 0. The molecule has 0 bridgehead atoms. The molecule has 58 valence electrons. The van der Waals surface area contributed by atoms with Crippen LogP contribution in [0.25, 0.3) is 0 Å². The predicted molar refractivity (Wildman–Crippen MR) is 43.2 cm³/mol. The largest absolute Gasteiger partial charge is 0.370 e. The summed E-state index contributed by atoms with van der Waals surface area (Å²) in [6, 6.07) is 0. The maximum Gasteiger partial charge on any atom is 0.214 e. The molecule has 0 aromatic rings. The summed E-state index contributed by atoms with van der Waals surface area (Å²) in [5, 5.41) is 0. The molecule has 0 heterocycles. The van der Waals surface area contributed by atoms with Crippen LogP contribution in [0.5, 0.6) is 0 Å². The quantitative estimate of drug-likeness (QED) is 0.505. The standard InChI is InChI=1S/C6H10.C2H5NO/c1-5-6(2,3)4;1-2(3)4/h1H,2-4H3;1H3,(H2,3,4). The molecule has 0 aliphatic heterocycles. The molecule has 0 aromatic carbocycles. The molecular formula is C8H15NO. The highest BCUT2D eigenvalue weighted by Crippen LogP contribution is 2.08. The van der Waals surface area contributed by atoms with Crippen molar-refractivity contribution in [2.24, 2.45) is 11.1 Å². The zero-order chi connectivity index (χ0) is 8.78. The van der Waals surface area contributed by atoms with Gasteiger partial charge in [-0.2, -0.15) is 0 Å². The maximum atomic E-state index is 9.22. The summed E-state index contributed by atoms with van der Waals surface area (Å²) in [4.78, 5) is 9.22. The van der Waals surface area contributed by atoms with E-state index in [1.165, 1.54) is 6.92 Å². The van der Waals surface area contributed by atoms with E-state index in [0.29, 0.717) is 0 Å². The van der Waals surface area contributed by atoms with Crippen LogP contribution in [0.4, 0.5) is 0 Å². The van der Waals surface area contributed by atoms with Crippen molar-refractivity contribution in [3.05, 3.63) is 0 Å². The molecule has 2 nitrogen and oxygen atoms in total. The third-order valence-electron chi connectivity index (χ3n) is 0.433. The molecule has 0 aliphatic carbocycles. The van der Waals surface area contributed by atoms with Crippen LogP contribution >= 0.6 is 0 Å². The molecular weight excluding hydrogens is 126 g/mol. The Morgan fingerprint density at radius 3 is 1.60 bits per heavy atom. The van der Waals surface area contributed by atoms with Gasteiger partial charge in [-0.3, -0.25) is 4.79 Å². The second-order valence-electron chi connectivity index (χ2n) is 3.00. The molecule has 0 aliphatic rings. The van der Waals surface area contributed by atoms with Crippen LogP contribution in [0.3, 0.4) is 0 Å². The Morgan fingerprint density at radius 1 is 1.50 bits per heavy atom. The number of nitrogens with two attached hydrogens (primary N) is 1. The van der Waals surface area contributed by atoms with Crippen molar-refractivity contribution in [1.82, 2.24) is 0 Å². The van der Waals surface area contributed by atoms with Gasteiger partial charge in [0, 0.05) is 12.3 Å². The molecule has 0 radical (unpaired) electrons. The van der Waals surface area contributed by atoms with E-state index in [0.717, 1.165) is 0 Å². The number of hydrogen-bond donors (Lipinski definition) is 1. The first-order valence-electron chi connectivity index (χ1n) is 3.03. The van der Waals surface area contributed by atoms with Crippen molar-refractivity contribution in [2.45, 2.75) is 27.7 Å². The zero-order valence-electron chi connectivity index (χ0n) is 7.06. The van der Waals surface area contributed by atoms with Gasteiger partial charge in [0.1, 0.15) is 0 Å². The van der Waals surface area contributed by atoms with Gasteiger partial charge >= 0.3 is 0 Å². The fraction of sp³-hybridized carbons (Fsp3) is 0.625. The second kappa shape index (κ2) is 4.87. The van der Waals surface area contributed by atoms with Gasteiger partial charge in [0.05, 0.1) is 0 Å². The van der Waals surface area contributed by atoms with Crippen molar-refractivity contribution in [3.8, 4) is 12.3 Å². The highest BCUT2D eigenvalue weighted by molar-refractivity contribution is 5.70. The number of rotatable bonds is 0. The lowest BCUT2D eigenvalue weighted by atomic mass is 9.99. The van der Waals surface area contributed by atoms with Crippen LogP contribution in [-0.4, -0.2) is 5.91 Å². The minimum absolute atomic E-state index is 0.0694. The Labute approximate surface area is 62.8 Å². The zero-order valence-corrected chi connectivity index (χ0v) is 7.06. The van der Waals surface area contributed by atoms with E-state index in [-0.39, 0.29) is 11.3 Å². The summed E-state index contributed by atoms with van der Waals surface area (Å²) in [7, 11) is 0. The topological polar surface area (TPSA) is 43.1 Å². The highest BCUT2D eigenvalue weighted by Gasteiger charge is 2.00. The molecule has 0 rings (SSSR count). The van der Waals surface area contributed by atoms with E-state index in [1.54, 1.807) is 0 Å². The Hall–Kier alpha value is -0.970. The van der Waals surface area contributed by atoms with E-state index >= 15 is 0 Å². The van der Waals surface area contributed by atoms with Crippen LogP contribution in [-0.2, 0) is 4.79 Å². The van der Waals surface area contributed by atoms with Crippen molar-refractivity contribution >= 4 is 5.91 Å². The molecule has 0 spiro atoms. The third-order valence-corrected chi connectivity index (χ3v) is 0.433. The Morgan fingerprint density at radius 2 is 1.60 bits per heavy atom. The molecule has 0 fully saturated rings. The monoisotopic (exact) mass is 141 g/mol. The van der Waals surface area contributed by atoms with Gasteiger partial charge in [-0.05, 0) is 20.8 Å². The lowest BCUT2D eigenvalue weighted by molar-refractivity contribution is -0.115. The summed E-state index contributed by atoms with van der Waals surface area (Å²) in [6.07, 6.45) is 5.06. The number of carbonyl (C=O) groups is 1. The number of amides is 1. The van der Waals surface area contributed by atoms with Gasteiger partial charge in [0.25, 0.3) is 0 Å². The van der Waals surface area contributed by atoms with E-state index in [2.05, 4.69) is 11.7 Å². The lowest BCUT2D eigenvalue weighted by Gasteiger charge is -2.04. The van der Waals surface area contributed by atoms with Gasteiger partial charge in [-0.15, -0.1) is 12.3 Å². The molecule has 10 heavy (non-hydrogen) atoms. The van der Waals surface area contributed by atoms with Gasteiger partial charge in [0.2, 0.25) is 5.91 Å². The van der Waals surface area contributed by atoms with Crippen LogP contribution in [0.15, 0.2) is 0 Å². The number of carbonyl (C=O) groups excluding carboxylic acids is 1. The average molecular weight is 141 g/mol. The minimum Gasteiger partial charge on any atom is -0.370 e. The Kier molecular flexibility index (Phi) is 5.73. The Bertz CT molecular complexity index is 132. The van der Waals surface area contributed by atoms with Crippen molar-refractivity contribution in [2.75, 3.05) is 0 Å². The number of primary amides is 1. The summed E-state index contributed by atoms with van der Waals surface area (Å²) in [5.41, 5.74) is 4.54.